The van der Waals surface area contributed by atoms with E-state index in [2.05, 4.69) is 73.4 Å². The first-order valence-corrected chi connectivity index (χ1v) is 33.2. The number of imidazole rings is 1. The summed E-state index contributed by atoms with van der Waals surface area (Å²) in [6.45, 7) is 4.97. The van der Waals surface area contributed by atoms with Gasteiger partial charge >= 0.3 is 0 Å². The molecule has 2 aliphatic rings. The molecule has 12 amide bonds. The van der Waals surface area contributed by atoms with Gasteiger partial charge in [-0.1, -0.05) is 64.7 Å². The maximum absolute atomic E-state index is 14.8. The standard InChI is InChI=1S/C61H94N18O14S/c1-6-7-8-9-16-40-53(86)75-44(26-35-28-67-38-15-11-10-14-37(35)38)56(89)72-42(21-24-94-5)55(88)77-46(31-80)60(93)79-23-13-18-47(79)58(91)73-41(17-12-22-66-61(63)64)54(87)76-45(27-36-29-65-32-69-36)57(90)74-43(25-33(2)3)52(85)68-30-49(83)78-50(34(4)81)59(92)71-39(51(62)84)19-20-48(82)70-40/h10-11,14-15,28-29,32-34,39-47,50,67,80-81H,6-9,12-13,16-27,30-31H2,1-5H3,(H2,62,84)(H,65,69)(H,68,85)(H,70,82)(H,71,92)(H,72,89)(H,73,91)(H,74,90)(H,75,86)(H,76,87)(H,77,88)(H,78,83)(H4,63,64,66)/t34-,39+,40-,41+,42+,43+,44+,45+,46+,47+,50+/m1/s1. The molecule has 0 spiro atoms. The first-order valence-electron chi connectivity index (χ1n) is 31.8. The number of primary amides is 1. The lowest BCUT2D eigenvalue weighted by Crippen LogP contribution is -2.61. The van der Waals surface area contributed by atoms with Gasteiger partial charge in [-0.2, -0.15) is 11.8 Å². The minimum Gasteiger partial charge on any atom is -0.394 e. The van der Waals surface area contributed by atoms with Crippen LogP contribution in [0.2, 0.25) is 0 Å². The van der Waals surface area contributed by atoms with Crippen molar-refractivity contribution in [2.75, 3.05) is 38.2 Å². The Morgan fingerprint density at radius 3 is 1.95 bits per heavy atom. The van der Waals surface area contributed by atoms with E-state index in [1.807, 2.05) is 19.1 Å². The lowest BCUT2D eigenvalue weighted by molar-refractivity contribution is -0.143. The van der Waals surface area contributed by atoms with Crippen LogP contribution < -0.4 is 70.0 Å². The smallest absolute Gasteiger partial charge is 0.248 e. The van der Waals surface area contributed by atoms with Crippen molar-refractivity contribution in [1.29, 1.82) is 5.41 Å². The predicted octanol–water partition coefficient (Wildman–Crippen LogP) is -3.17. The van der Waals surface area contributed by atoms with Crippen LogP contribution in [0.3, 0.4) is 0 Å². The van der Waals surface area contributed by atoms with Crippen LogP contribution in [0.15, 0.2) is 43.0 Å². The summed E-state index contributed by atoms with van der Waals surface area (Å²) in [5, 5.41) is 58.4. The van der Waals surface area contributed by atoms with E-state index in [0.29, 0.717) is 29.9 Å². The number of nitrogens with one attached hydrogen (secondary N) is 14. The summed E-state index contributed by atoms with van der Waals surface area (Å²) in [5.41, 5.74) is 12.8. The second kappa shape index (κ2) is 38.4. The van der Waals surface area contributed by atoms with Crippen LogP contribution in [-0.2, 0) is 70.4 Å². The molecular weight excluding hydrogens is 1240 g/mol. The van der Waals surface area contributed by atoms with Gasteiger partial charge < -0.3 is 95.0 Å². The van der Waals surface area contributed by atoms with Crippen molar-refractivity contribution in [3.8, 4) is 0 Å². The lowest BCUT2D eigenvalue weighted by Gasteiger charge is -2.30. The summed E-state index contributed by atoms with van der Waals surface area (Å²) in [5.74, 6) is -11.1. The number of aliphatic hydroxyl groups excluding tert-OH is 2. The van der Waals surface area contributed by atoms with Crippen molar-refractivity contribution in [2.24, 2.45) is 17.4 Å². The number of aliphatic hydroxyl groups is 2. The summed E-state index contributed by atoms with van der Waals surface area (Å²) < 4.78 is 0. The molecule has 0 bridgehead atoms. The summed E-state index contributed by atoms with van der Waals surface area (Å²) in [4.78, 5) is 181. The first kappa shape index (κ1) is 75.9. The summed E-state index contributed by atoms with van der Waals surface area (Å²) in [6, 6.07) is -7.30. The molecule has 0 aliphatic carbocycles. The molecule has 33 heteroatoms. The highest BCUT2D eigenvalue weighted by Gasteiger charge is 2.41. The Hall–Kier alpha value is -8.85. The minimum absolute atomic E-state index is 0.00168. The Kier molecular flexibility index (Phi) is 31.0. The number of rotatable bonds is 21. The van der Waals surface area contributed by atoms with Crippen LogP contribution >= 0.6 is 11.8 Å². The number of unbranched alkanes of at least 4 members (excludes halogenated alkanes) is 3. The molecule has 1 aromatic carbocycles. The third-order valence-electron chi connectivity index (χ3n) is 16.0. The number of amides is 12. The number of fused-ring (bicyclic) bond motifs is 2. The molecule has 94 heavy (non-hydrogen) atoms. The van der Waals surface area contributed by atoms with Gasteiger partial charge in [0.2, 0.25) is 70.9 Å². The number of nitrogens with two attached hydrogens (primary N) is 2. The van der Waals surface area contributed by atoms with Crippen molar-refractivity contribution in [1.82, 2.24) is 78.3 Å². The number of hydrogen-bond acceptors (Lipinski definition) is 17. The number of guanidine groups is 1. The van der Waals surface area contributed by atoms with Crippen LogP contribution in [0.5, 0.6) is 0 Å². The van der Waals surface area contributed by atoms with Crippen molar-refractivity contribution in [2.45, 2.75) is 191 Å². The Balaban J connectivity index is 1.54. The molecule has 11 atom stereocenters. The molecule has 4 heterocycles. The number of hydrogen-bond donors (Lipinski definition) is 18. The van der Waals surface area contributed by atoms with Gasteiger partial charge in [0, 0.05) is 55.6 Å². The number of H-pyrrole nitrogens is 2. The van der Waals surface area contributed by atoms with Crippen LogP contribution in [0.1, 0.15) is 122 Å². The fourth-order valence-corrected chi connectivity index (χ4v) is 11.4. The highest BCUT2D eigenvalue weighted by molar-refractivity contribution is 7.98. The van der Waals surface area contributed by atoms with E-state index >= 15 is 0 Å². The van der Waals surface area contributed by atoms with Gasteiger partial charge in [0.15, 0.2) is 5.96 Å². The van der Waals surface area contributed by atoms with Gasteiger partial charge in [0.05, 0.1) is 31.3 Å². The molecule has 5 rings (SSSR count). The number of benzene rings is 1. The molecule has 32 nitrogen and oxygen atoms in total. The van der Waals surface area contributed by atoms with E-state index in [1.165, 1.54) is 31.2 Å². The van der Waals surface area contributed by atoms with E-state index in [0.717, 1.165) is 28.6 Å². The second-order valence-corrected chi connectivity index (χ2v) is 24.9. The molecule has 518 valence electrons. The zero-order valence-corrected chi connectivity index (χ0v) is 54.7. The number of carbonyl (C=O) groups is 12. The molecule has 3 aromatic rings. The Bertz CT molecular complexity index is 3090. The van der Waals surface area contributed by atoms with Crippen molar-refractivity contribution >= 4 is 99.5 Å². The van der Waals surface area contributed by atoms with Gasteiger partial charge in [0.1, 0.15) is 60.4 Å². The van der Waals surface area contributed by atoms with E-state index < -0.39 is 163 Å². The highest BCUT2D eigenvalue weighted by Crippen LogP contribution is 2.22. The van der Waals surface area contributed by atoms with Crippen molar-refractivity contribution in [3.05, 3.63) is 54.2 Å². The number of aromatic nitrogens is 3. The maximum Gasteiger partial charge on any atom is 0.248 e. The molecular formula is C61H94N18O14S. The predicted molar refractivity (Wildman–Crippen MR) is 347 cm³/mol. The Morgan fingerprint density at radius 1 is 0.702 bits per heavy atom. The average molecular weight is 1340 g/mol. The molecule has 20 N–H and O–H groups in total. The van der Waals surface area contributed by atoms with Gasteiger partial charge in [-0.3, -0.25) is 62.9 Å². The van der Waals surface area contributed by atoms with Crippen molar-refractivity contribution < 1.29 is 67.7 Å². The molecule has 0 saturated carbocycles. The molecule has 2 aromatic heterocycles. The van der Waals surface area contributed by atoms with Gasteiger partial charge in [0.25, 0.3) is 0 Å². The Morgan fingerprint density at radius 2 is 1.32 bits per heavy atom. The molecule has 0 unspecified atom stereocenters. The average Bonchev–Trinajstić information content (AvgIpc) is 1.65. The fourth-order valence-electron chi connectivity index (χ4n) is 10.9. The van der Waals surface area contributed by atoms with Crippen LogP contribution in [0.4, 0.5) is 0 Å². The van der Waals surface area contributed by atoms with Gasteiger partial charge in [-0.25, -0.2) is 4.98 Å². The Labute approximate surface area is 549 Å². The van der Waals surface area contributed by atoms with Crippen LogP contribution in [-0.4, -0.2) is 212 Å². The summed E-state index contributed by atoms with van der Waals surface area (Å²) in [6.07, 6.45) is 6.54. The van der Waals surface area contributed by atoms with Gasteiger partial charge in [-0.15, -0.1) is 0 Å². The largest absolute Gasteiger partial charge is 0.394 e. The van der Waals surface area contributed by atoms with E-state index in [-0.39, 0.29) is 82.8 Å². The highest BCUT2D eigenvalue weighted by atomic mass is 32.2. The fraction of sp³-hybridized carbons (Fsp3) is 0.607. The van der Waals surface area contributed by atoms with Crippen molar-refractivity contribution in [3.63, 3.8) is 0 Å². The lowest BCUT2D eigenvalue weighted by atomic mass is 10.0. The molecule has 2 aliphatic heterocycles. The van der Waals surface area contributed by atoms with E-state index in [9.17, 15) is 67.7 Å². The topological polar surface area (TPSA) is 501 Å². The minimum atomic E-state index is -1.75. The maximum atomic E-state index is 14.8. The first-order chi connectivity index (χ1) is 44.8. The van der Waals surface area contributed by atoms with Crippen LogP contribution in [0.25, 0.3) is 10.9 Å². The monoisotopic (exact) mass is 1330 g/mol. The second-order valence-electron chi connectivity index (χ2n) is 23.9. The van der Waals surface area contributed by atoms with E-state index in [4.69, 9.17) is 16.9 Å². The number of aromatic amines is 2. The summed E-state index contributed by atoms with van der Waals surface area (Å²) in [7, 11) is 0. The quantitative estimate of drug-likeness (QED) is 0.0284. The van der Waals surface area contributed by atoms with E-state index in [1.54, 1.807) is 38.4 Å². The van der Waals surface area contributed by atoms with Gasteiger partial charge in [-0.05, 0) is 87.8 Å². The third kappa shape index (κ3) is 23.9. The SMILES string of the molecule is CCCCCC[C@H]1NC(=O)CC[C@@H](C(N)=O)NC(=O)[C@H]([C@@H](C)O)NC(=O)CNC(=O)[C@H](CC(C)C)NC(=O)[C@H](Cc2c[nH]cn2)NC(=O)[C@H](CCCNC(=N)N)NC(=O)[C@@H]2CCCN2C(=O)[C@H](CO)NC(=O)[C@H](CCSC)NC(=O)[C@H](Cc2c[nH]c3ccccc23)NC1=O. The number of para-hydroxylation sites is 1. The molecule has 2 fully saturated rings. The number of carbonyl (C=O) groups excluding carboxylic acids is 12. The number of nitrogens with zero attached hydrogens (tertiary/aromatic N) is 2. The normalized spacial score (nSPS) is 24.7. The van der Waals surface area contributed by atoms with Crippen LogP contribution in [0, 0.1) is 11.3 Å². The zero-order chi connectivity index (χ0) is 69.0. The molecule has 2 saturated heterocycles. The summed E-state index contributed by atoms with van der Waals surface area (Å²) >= 11 is 1.34. The number of thioether (sulfide) groups is 1. The zero-order valence-electron chi connectivity index (χ0n) is 53.9. The molecule has 0 radical (unpaired) electrons. The third-order valence-corrected chi connectivity index (χ3v) is 16.6.